The van der Waals surface area contributed by atoms with Crippen molar-refractivity contribution in [3.8, 4) is 5.75 Å². The summed E-state index contributed by atoms with van der Waals surface area (Å²) in [6.45, 7) is 2.77. The number of ether oxygens (including phenoxy) is 2. The van der Waals surface area contributed by atoms with Crippen molar-refractivity contribution in [3.05, 3.63) is 29.8 Å². The van der Waals surface area contributed by atoms with Crippen LogP contribution in [0, 0.1) is 17.8 Å². The van der Waals surface area contributed by atoms with E-state index in [2.05, 4.69) is 6.92 Å². The van der Waals surface area contributed by atoms with E-state index in [1.807, 2.05) is 24.3 Å². The molecule has 2 N–H and O–H groups in total. The lowest BCUT2D eigenvalue weighted by atomic mass is 9.89. The number of carbonyl (C=O) groups is 2. The third kappa shape index (κ3) is 3.30. The molecule has 4 unspecified atom stereocenters. The Bertz CT molecular complexity index is 678. The average Bonchev–Trinajstić information content (AvgIpc) is 3.11. The highest BCUT2D eigenvalue weighted by atomic mass is 16.5. The van der Waals surface area contributed by atoms with Gasteiger partial charge >= 0.3 is 5.97 Å². The van der Waals surface area contributed by atoms with E-state index in [1.165, 1.54) is 7.11 Å². The highest BCUT2D eigenvalue weighted by Gasteiger charge is 2.53. The quantitative estimate of drug-likeness (QED) is 0.780. The van der Waals surface area contributed by atoms with Gasteiger partial charge in [-0.3, -0.25) is 4.79 Å². The lowest BCUT2D eigenvalue weighted by Crippen LogP contribution is -2.48. The number of hydrogen-bond acceptors (Lipinski definition) is 5. The predicted molar refractivity (Wildman–Crippen MR) is 97.6 cm³/mol. The maximum Gasteiger partial charge on any atom is 0.328 e. The fraction of sp³-hybridized carbons (Fsp3) is 0.600. The number of benzene rings is 1. The summed E-state index contributed by atoms with van der Waals surface area (Å²) < 4.78 is 10.3. The van der Waals surface area contributed by atoms with E-state index in [0.717, 1.165) is 17.7 Å². The summed E-state index contributed by atoms with van der Waals surface area (Å²) in [7, 11) is 2.98. The van der Waals surface area contributed by atoms with Gasteiger partial charge in [0.2, 0.25) is 5.91 Å². The zero-order chi connectivity index (χ0) is 18.8. The Kier molecular flexibility index (Phi) is 5.51. The van der Waals surface area contributed by atoms with Gasteiger partial charge in [0, 0.05) is 18.9 Å². The number of esters is 1. The summed E-state index contributed by atoms with van der Waals surface area (Å²) >= 11 is 0. The number of likely N-dealkylation sites (tertiary alicyclic amines) is 1. The fourth-order valence-electron chi connectivity index (χ4n) is 4.80. The van der Waals surface area contributed by atoms with Crippen molar-refractivity contribution in [3.63, 3.8) is 0 Å². The Morgan fingerprint density at radius 2 is 2.15 bits per heavy atom. The van der Waals surface area contributed by atoms with Gasteiger partial charge in [0.25, 0.3) is 0 Å². The monoisotopic (exact) mass is 360 g/mol. The molecule has 1 aliphatic heterocycles. The predicted octanol–water partition coefficient (Wildman–Crippen LogP) is 1.61. The van der Waals surface area contributed by atoms with Gasteiger partial charge in [0.05, 0.1) is 14.2 Å². The van der Waals surface area contributed by atoms with E-state index >= 15 is 0 Å². The van der Waals surface area contributed by atoms with Crippen molar-refractivity contribution in [1.82, 2.24) is 4.90 Å². The minimum atomic E-state index is -0.613. The van der Waals surface area contributed by atoms with Crippen LogP contribution in [0.1, 0.15) is 25.3 Å². The molecule has 1 saturated heterocycles. The largest absolute Gasteiger partial charge is 0.497 e. The molecule has 0 spiro atoms. The normalized spacial score (nSPS) is 28.8. The fourth-order valence-corrected chi connectivity index (χ4v) is 4.80. The van der Waals surface area contributed by atoms with Crippen LogP contribution >= 0.6 is 0 Å². The van der Waals surface area contributed by atoms with Gasteiger partial charge in [-0.05, 0) is 48.4 Å². The molecule has 0 bridgehead atoms. The van der Waals surface area contributed by atoms with Crippen LogP contribution < -0.4 is 10.5 Å². The molecule has 0 radical (unpaired) electrons. The van der Waals surface area contributed by atoms with Crippen molar-refractivity contribution in [1.29, 1.82) is 0 Å². The molecule has 5 atom stereocenters. The number of nitrogens with two attached hydrogens (primary N) is 1. The van der Waals surface area contributed by atoms with Crippen molar-refractivity contribution >= 4 is 11.9 Å². The molecule has 1 saturated carbocycles. The lowest BCUT2D eigenvalue weighted by molar-refractivity contribution is -0.152. The summed E-state index contributed by atoms with van der Waals surface area (Å²) in [4.78, 5) is 27.1. The zero-order valence-corrected chi connectivity index (χ0v) is 15.7. The Hall–Kier alpha value is -2.08. The van der Waals surface area contributed by atoms with E-state index in [9.17, 15) is 9.59 Å². The molecule has 1 amide bonds. The van der Waals surface area contributed by atoms with Gasteiger partial charge in [0.1, 0.15) is 11.8 Å². The number of methoxy groups -OCH3 is 2. The van der Waals surface area contributed by atoms with E-state index < -0.39 is 6.04 Å². The molecular weight excluding hydrogens is 332 g/mol. The van der Waals surface area contributed by atoms with Crippen LogP contribution in [0.15, 0.2) is 24.3 Å². The number of carbonyl (C=O) groups excluding carboxylic acids is 2. The van der Waals surface area contributed by atoms with Crippen LogP contribution in [-0.2, 0) is 20.7 Å². The number of fused-ring (bicyclic) bond motifs is 1. The second-order valence-electron chi connectivity index (χ2n) is 7.44. The van der Waals surface area contributed by atoms with E-state index in [1.54, 1.807) is 12.0 Å². The lowest BCUT2D eigenvalue weighted by Gasteiger charge is -2.31. The highest BCUT2D eigenvalue weighted by Crippen LogP contribution is 2.46. The SMILES string of the molecule is COC(=O)C(Cc1cccc(OC)c1)N1C(=O)CC2C1CC(C)[C@H]2CN. The Morgan fingerprint density at radius 1 is 1.38 bits per heavy atom. The standard InChI is InChI=1S/C20H28N2O4/c1-12-7-17-15(16(12)11-21)10-19(23)22(17)18(20(24)26-3)9-13-5-4-6-14(8-13)25-2/h4-6,8,12,15-18H,7,9-11,21H2,1-3H3/t12?,15?,16-,17?,18?/m1/s1. The summed E-state index contributed by atoms with van der Waals surface area (Å²) in [5.74, 6) is 1.42. The number of nitrogens with zero attached hydrogens (tertiary/aromatic N) is 1. The smallest absolute Gasteiger partial charge is 0.328 e. The molecule has 6 heteroatoms. The molecular formula is C20H28N2O4. The first kappa shape index (κ1) is 18.7. The van der Waals surface area contributed by atoms with E-state index in [-0.39, 0.29) is 23.8 Å². The van der Waals surface area contributed by atoms with E-state index in [4.69, 9.17) is 15.2 Å². The van der Waals surface area contributed by atoms with Crippen LogP contribution in [-0.4, -0.2) is 49.6 Å². The summed E-state index contributed by atoms with van der Waals surface area (Å²) in [5, 5.41) is 0. The maximum atomic E-state index is 12.8. The topological polar surface area (TPSA) is 81.9 Å². The van der Waals surface area contributed by atoms with Crippen LogP contribution in [0.25, 0.3) is 0 Å². The maximum absolute atomic E-state index is 12.8. The summed E-state index contributed by atoms with van der Waals surface area (Å²) in [5.41, 5.74) is 6.90. The molecule has 142 valence electrons. The van der Waals surface area contributed by atoms with Crippen LogP contribution in [0.3, 0.4) is 0 Å². The molecule has 26 heavy (non-hydrogen) atoms. The first-order chi connectivity index (χ1) is 12.5. The second kappa shape index (κ2) is 7.66. The van der Waals surface area contributed by atoms with Gasteiger partial charge in [-0.15, -0.1) is 0 Å². The molecule has 1 aliphatic carbocycles. The molecule has 1 heterocycles. The molecule has 2 fully saturated rings. The number of hydrogen-bond donors (Lipinski definition) is 1. The molecule has 1 aromatic carbocycles. The van der Waals surface area contributed by atoms with Crippen LogP contribution in [0.4, 0.5) is 0 Å². The van der Waals surface area contributed by atoms with Crippen molar-refractivity contribution < 1.29 is 19.1 Å². The first-order valence-corrected chi connectivity index (χ1v) is 9.22. The molecule has 3 rings (SSSR count). The summed E-state index contributed by atoms with van der Waals surface area (Å²) in [6.07, 6.45) is 1.78. The van der Waals surface area contributed by atoms with Gasteiger partial charge in [0.15, 0.2) is 0 Å². The molecule has 1 aromatic rings. The van der Waals surface area contributed by atoms with E-state index in [0.29, 0.717) is 31.2 Å². The molecule has 2 aliphatic rings. The zero-order valence-electron chi connectivity index (χ0n) is 15.7. The minimum Gasteiger partial charge on any atom is -0.497 e. The average molecular weight is 360 g/mol. The van der Waals surface area contributed by atoms with Gasteiger partial charge in [-0.25, -0.2) is 4.79 Å². The minimum absolute atomic E-state index is 0.0312. The Balaban J connectivity index is 1.88. The van der Waals surface area contributed by atoms with Crippen molar-refractivity contribution in [2.24, 2.45) is 23.5 Å². The van der Waals surface area contributed by atoms with Crippen LogP contribution in [0.2, 0.25) is 0 Å². The van der Waals surface area contributed by atoms with Crippen molar-refractivity contribution in [2.45, 2.75) is 38.3 Å². The molecule has 0 aromatic heterocycles. The van der Waals surface area contributed by atoms with Gasteiger partial charge < -0.3 is 20.1 Å². The van der Waals surface area contributed by atoms with Gasteiger partial charge in [-0.1, -0.05) is 19.1 Å². The number of amides is 1. The first-order valence-electron chi connectivity index (χ1n) is 9.22. The van der Waals surface area contributed by atoms with Gasteiger partial charge in [-0.2, -0.15) is 0 Å². The Morgan fingerprint density at radius 3 is 2.81 bits per heavy atom. The van der Waals surface area contributed by atoms with Crippen molar-refractivity contribution in [2.75, 3.05) is 20.8 Å². The second-order valence-corrected chi connectivity index (χ2v) is 7.44. The molecule has 6 nitrogen and oxygen atoms in total. The Labute approximate surface area is 154 Å². The highest BCUT2D eigenvalue weighted by molar-refractivity contribution is 5.87. The summed E-state index contributed by atoms with van der Waals surface area (Å²) in [6, 6.07) is 7.04. The third-order valence-corrected chi connectivity index (χ3v) is 6.09. The third-order valence-electron chi connectivity index (χ3n) is 6.09. The number of rotatable bonds is 6. The van der Waals surface area contributed by atoms with Crippen LogP contribution in [0.5, 0.6) is 5.75 Å².